The van der Waals surface area contributed by atoms with E-state index in [0.29, 0.717) is 6.54 Å². The summed E-state index contributed by atoms with van der Waals surface area (Å²) >= 11 is 11.8. The molecule has 0 spiro atoms. The highest BCUT2D eigenvalue weighted by atomic mass is 35.5. The number of unbranched alkanes of at least 4 members (excludes halogenated alkanes) is 1. The molecular formula is C13H16Cl2N2O4. The average Bonchev–Trinajstić information content (AvgIpc) is 2.45. The van der Waals surface area contributed by atoms with Gasteiger partial charge in [-0.25, -0.2) is 0 Å². The molecule has 116 valence electrons. The van der Waals surface area contributed by atoms with Crippen molar-refractivity contribution in [1.29, 1.82) is 0 Å². The summed E-state index contributed by atoms with van der Waals surface area (Å²) in [6.07, 6.45) is 1.63. The van der Waals surface area contributed by atoms with Gasteiger partial charge in [-0.3, -0.25) is 14.9 Å². The quantitative estimate of drug-likeness (QED) is 0.613. The van der Waals surface area contributed by atoms with Gasteiger partial charge in [0.25, 0.3) is 11.6 Å². The Morgan fingerprint density at radius 1 is 1.38 bits per heavy atom. The number of halogens is 2. The van der Waals surface area contributed by atoms with Gasteiger partial charge in [0.1, 0.15) is 0 Å². The topological polar surface area (TPSA) is 83.7 Å². The predicted molar refractivity (Wildman–Crippen MR) is 81.0 cm³/mol. The van der Waals surface area contributed by atoms with E-state index in [1.54, 1.807) is 0 Å². The average molecular weight is 335 g/mol. The molecule has 0 radical (unpaired) electrons. The Bertz CT molecular complexity index is 537. The van der Waals surface area contributed by atoms with Crippen LogP contribution in [0.2, 0.25) is 10.0 Å². The van der Waals surface area contributed by atoms with Crippen molar-refractivity contribution >= 4 is 34.8 Å². The third-order valence-corrected chi connectivity index (χ3v) is 3.69. The van der Waals surface area contributed by atoms with E-state index in [-0.39, 0.29) is 34.4 Å². The van der Waals surface area contributed by atoms with Crippen LogP contribution in [0.3, 0.4) is 0 Å². The highest BCUT2D eigenvalue weighted by Crippen LogP contribution is 2.31. The zero-order chi connectivity index (χ0) is 16.0. The molecule has 8 heteroatoms. The minimum Gasteiger partial charge on any atom is -0.395 e. The maximum absolute atomic E-state index is 12.4. The molecule has 1 aromatic carbocycles. The number of hydrogen-bond donors (Lipinski definition) is 1. The van der Waals surface area contributed by atoms with E-state index >= 15 is 0 Å². The van der Waals surface area contributed by atoms with Gasteiger partial charge in [-0.1, -0.05) is 36.5 Å². The highest BCUT2D eigenvalue weighted by molar-refractivity contribution is 6.44. The monoisotopic (exact) mass is 334 g/mol. The Kier molecular flexibility index (Phi) is 6.87. The number of hydrogen-bond acceptors (Lipinski definition) is 4. The lowest BCUT2D eigenvalue weighted by Crippen LogP contribution is -2.34. The summed E-state index contributed by atoms with van der Waals surface area (Å²) in [5.41, 5.74) is -0.326. The number of rotatable bonds is 7. The fourth-order valence-corrected chi connectivity index (χ4v) is 2.19. The van der Waals surface area contributed by atoms with Crippen LogP contribution in [0.5, 0.6) is 0 Å². The molecule has 0 unspecified atom stereocenters. The maximum Gasteiger partial charge on any atom is 0.271 e. The number of aliphatic hydroxyl groups excluding tert-OH is 1. The molecule has 0 fully saturated rings. The van der Waals surface area contributed by atoms with Gasteiger partial charge in [-0.2, -0.15) is 0 Å². The van der Waals surface area contributed by atoms with Gasteiger partial charge < -0.3 is 10.0 Å². The van der Waals surface area contributed by atoms with Crippen LogP contribution >= 0.6 is 23.2 Å². The molecule has 0 aliphatic rings. The van der Waals surface area contributed by atoms with Crippen LogP contribution in [0, 0.1) is 10.1 Å². The fourth-order valence-electron chi connectivity index (χ4n) is 1.79. The van der Waals surface area contributed by atoms with E-state index in [4.69, 9.17) is 28.3 Å². The van der Waals surface area contributed by atoms with Crippen LogP contribution in [0.15, 0.2) is 12.1 Å². The second kappa shape index (κ2) is 8.17. The lowest BCUT2D eigenvalue weighted by atomic mass is 10.1. The Morgan fingerprint density at radius 3 is 2.57 bits per heavy atom. The lowest BCUT2D eigenvalue weighted by Gasteiger charge is -2.22. The van der Waals surface area contributed by atoms with Crippen molar-refractivity contribution in [2.24, 2.45) is 0 Å². The summed E-state index contributed by atoms with van der Waals surface area (Å²) in [6.45, 7) is 2.34. The smallest absolute Gasteiger partial charge is 0.271 e. The van der Waals surface area contributed by atoms with Gasteiger partial charge in [0, 0.05) is 25.2 Å². The van der Waals surface area contributed by atoms with Gasteiger partial charge in [0.05, 0.1) is 27.1 Å². The Morgan fingerprint density at radius 2 is 2.05 bits per heavy atom. The molecule has 1 rings (SSSR count). The predicted octanol–water partition coefficient (Wildman–Crippen LogP) is 3.14. The molecule has 0 aliphatic heterocycles. The lowest BCUT2D eigenvalue weighted by molar-refractivity contribution is -0.384. The van der Waals surface area contributed by atoms with Gasteiger partial charge in [0.2, 0.25) is 0 Å². The number of nitro benzene ring substituents is 1. The van der Waals surface area contributed by atoms with E-state index in [2.05, 4.69) is 0 Å². The fraction of sp³-hybridized carbons (Fsp3) is 0.462. The number of carbonyl (C=O) groups excluding carboxylic acids is 1. The first kappa shape index (κ1) is 17.7. The summed E-state index contributed by atoms with van der Waals surface area (Å²) < 4.78 is 0. The van der Waals surface area contributed by atoms with Gasteiger partial charge in [-0.15, -0.1) is 0 Å². The molecule has 0 aliphatic carbocycles. The summed E-state index contributed by atoms with van der Waals surface area (Å²) in [4.78, 5) is 24.1. The number of nitrogens with zero attached hydrogens (tertiary/aromatic N) is 2. The maximum atomic E-state index is 12.4. The number of nitro groups is 1. The normalized spacial score (nSPS) is 10.5. The number of non-ortho nitro benzene ring substituents is 1. The largest absolute Gasteiger partial charge is 0.395 e. The summed E-state index contributed by atoms with van der Waals surface area (Å²) in [7, 11) is 0. The first-order valence-corrected chi connectivity index (χ1v) is 7.21. The molecule has 0 aromatic heterocycles. The van der Waals surface area contributed by atoms with E-state index in [9.17, 15) is 14.9 Å². The molecule has 21 heavy (non-hydrogen) atoms. The summed E-state index contributed by atoms with van der Waals surface area (Å²) in [6, 6.07) is 2.20. The summed E-state index contributed by atoms with van der Waals surface area (Å²) in [5, 5.41) is 19.8. The standard InChI is InChI=1S/C13H16Cl2N2O4/c1-2-3-4-16(5-6-18)13(19)10-7-9(17(20)21)8-11(14)12(10)15/h7-8,18H,2-6H2,1H3. The van der Waals surface area contributed by atoms with Crippen molar-refractivity contribution in [3.05, 3.63) is 37.9 Å². The molecule has 0 saturated carbocycles. The Balaban J connectivity index is 3.16. The second-order valence-corrected chi connectivity index (χ2v) is 5.20. The van der Waals surface area contributed by atoms with Crippen molar-refractivity contribution in [3.8, 4) is 0 Å². The third-order valence-electron chi connectivity index (χ3n) is 2.89. The molecule has 1 amide bonds. The minimum atomic E-state index is -0.637. The first-order chi connectivity index (χ1) is 9.92. The highest BCUT2D eigenvalue weighted by Gasteiger charge is 2.23. The van der Waals surface area contributed by atoms with Crippen molar-refractivity contribution in [3.63, 3.8) is 0 Å². The van der Waals surface area contributed by atoms with Crippen molar-refractivity contribution in [2.75, 3.05) is 19.7 Å². The first-order valence-electron chi connectivity index (χ1n) is 6.45. The molecule has 0 heterocycles. The number of carbonyl (C=O) groups is 1. The number of aliphatic hydroxyl groups is 1. The third kappa shape index (κ3) is 4.56. The van der Waals surface area contributed by atoms with E-state index < -0.39 is 10.8 Å². The minimum absolute atomic E-state index is 0.0216. The van der Waals surface area contributed by atoms with E-state index in [0.717, 1.165) is 25.0 Å². The number of amides is 1. The zero-order valence-electron chi connectivity index (χ0n) is 11.5. The molecule has 0 atom stereocenters. The van der Waals surface area contributed by atoms with Crippen LogP contribution in [0.4, 0.5) is 5.69 Å². The molecular weight excluding hydrogens is 319 g/mol. The van der Waals surface area contributed by atoms with Gasteiger partial charge in [0.15, 0.2) is 0 Å². The Labute approximate surface area is 132 Å². The van der Waals surface area contributed by atoms with Crippen LogP contribution in [0.1, 0.15) is 30.1 Å². The molecule has 1 aromatic rings. The van der Waals surface area contributed by atoms with Gasteiger partial charge in [-0.05, 0) is 6.42 Å². The van der Waals surface area contributed by atoms with Crippen molar-refractivity contribution in [1.82, 2.24) is 4.90 Å². The molecule has 1 N–H and O–H groups in total. The SMILES string of the molecule is CCCCN(CCO)C(=O)c1cc([N+](=O)[O-])cc(Cl)c1Cl. The number of benzene rings is 1. The second-order valence-electron chi connectivity index (χ2n) is 4.42. The van der Waals surface area contributed by atoms with Crippen LogP contribution in [0.25, 0.3) is 0 Å². The van der Waals surface area contributed by atoms with E-state index in [1.165, 1.54) is 4.90 Å². The van der Waals surface area contributed by atoms with Crippen molar-refractivity contribution in [2.45, 2.75) is 19.8 Å². The van der Waals surface area contributed by atoms with Gasteiger partial charge >= 0.3 is 0 Å². The summed E-state index contributed by atoms with van der Waals surface area (Å²) in [5.74, 6) is -0.479. The molecule has 6 nitrogen and oxygen atoms in total. The molecule has 0 saturated heterocycles. The van der Waals surface area contributed by atoms with Crippen molar-refractivity contribution < 1.29 is 14.8 Å². The molecule has 0 bridgehead atoms. The van der Waals surface area contributed by atoms with Crippen LogP contribution in [-0.4, -0.2) is 40.5 Å². The zero-order valence-corrected chi connectivity index (χ0v) is 13.0. The van der Waals surface area contributed by atoms with Crippen LogP contribution < -0.4 is 0 Å². The van der Waals surface area contributed by atoms with Crippen LogP contribution in [-0.2, 0) is 0 Å². The Hall–Kier alpha value is -1.37. The van der Waals surface area contributed by atoms with E-state index in [1.807, 2.05) is 6.92 Å².